The van der Waals surface area contributed by atoms with Gasteiger partial charge in [0.1, 0.15) is 6.10 Å². The van der Waals surface area contributed by atoms with Gasteiger partial charge in [-0.2, -0.15) is 0 Å². The summed E-state index contributed by atoms with van der Waals surface area (Å²) in [7, 11) is 0. The van der Waals surface area contributed by atoms with E-state index in [1.54, 1.807) is 0 Å². The van der Waals surface area contributed by atoms with E-state index >= 15 is 0 Å². The van der Waals surface area contributed by atoms with E-state index in [1.165, 1.54) is 0 Å². The second-order valence-electron chi connectivity index (χ2n) is 3.41. The van der Waals surface area contributed by atoms with Gasteiger partial charge in [-0.1, -0.05) is 0 Å². The summed E-state index contributed by atoms with van der Waals surface area (Å²) in [6, 6.07) is 0. The Morgan fingerprint density at radius 2 is 1.93 bits per heavy atom. The third-order valence-electron chi connectivity index (χ3n) is 1.68. The molecule has 0 saturated carbocycles. The molecule has 0 spiro atoms. The third-order valence-corrected chi connectivity index (χ3v) is 1.68. The van der Waals surface area contributed by atoms with Gasteiger partial charge in [-0.3, -0.25) is 0 Å². The summed E-state index contributed by atoms with van der Waals surface area (Å²) in [4.78, 5) is 0. The van der Waals surface area contributed by atoms with Gasteiger partial charge in [-0.05, 0) is 27.7 Å². The molecule has 1 N–H and O–H groups in total. The molecule has 1 saturated heterocycles. The second-order valence-corrected chi connectivity index (χ2v) is 3.41. The van der Waals surface area contributed by atoms with E-state index in [9.17, 15) is 0 Å². The second kappa shape index (κ2) is 7.17. The molecule has 1 rings (SSSR count). The van der Waals surface area contributed by atoms with Gasteiger partial charge in [-0.25, -0.2) is 0 Å². The molecule has 4 heteroatoms. The summed E-state index contributed by atoms with van der Waals surface area (Å²) in [5.74, 6) is -0.493. The van der Waals surface area contributed by atoms with Gasteiger partial charge in [0.05, 0.1) is 13.2 Å². The first-order chi connectivity index (χ1) is 6.55. The molecule has 0 aromatic carbocycles. The predicted molar refractivity (Wildman–Crippen MR) is 54.2 cm³/mol. The maximum absolute atomic E-state index is 8.59. The van der Waals surface area contributed by atoms with Crippen molar-refractivity contribution in [3.05, 3.63) is 0 Å². The summed E-state index contributed by atoms with van der Waals surface area (Å²) >= 11 is 0. The van der Waals surface area contributed by atoms with E-state index in [2.05, 4.69) is 0 Å². The Hall–Kier alpha value is -0.160. The van der Waals surface area contributed by atoms with Crippen LogP contribution in [0.3, 0.4) is 0 Å². The molecular formula is C10H22O4. The van der Waals surface area contributed by atoms with Gasteiger partial charge in [0, 0.05) is 13.2 Å². The quantitative estimate of drug-likeness (QED) is 0.753. The lowest BCUT2D eigenvalue weighted by Crippen LogP contribution is -2.22. The maximum atomic E-state index is 8.59. The SMILES string of the molecule is CC1(C)OCC(CO)O1.CCOCC. The molecule has 14 heavy (non-hydrogen) atoms. The lowest BCUT2D eigenvalue weighted by molar-refractivity contribution is -0.142. The number of rotatable bonds is 3. The van der Waals surface area contributed by atoms with Crippen LogP contribution >= 0.6 is 0 Å². The summed E-state index contributed by atoms with van der Waals surface area (Å²) in [5, 5.41) is 8.59. The minimum Gasteiger partial charge on any atom is -0.394 e. The summed E-state index contributed by atoms with van der Waals surface area (Å²) in [5.41, 5.74) is 0. The lowest BCUT2D eigenvalue weighted by atomic mass is 10.4. The van der Waals surface area contributed by atoms with Crippen molar-refractivity contribution in [2.45, 2.75) is 39.6 Å². The highest BCUT2D eigenvalue weighted by atomic mass is 16.7. The largest absolute Gasteiger partial charge is 0.394 e. The first kappa shape index (κ1) is 13.8. The predicted octanol–water partition coefficient (Wildman–Crippen LogP) is 1.17. The van der Waals surface area contributed by atoms with Crippen molar-refractivity contribution in [2.24, 2.45) is 0 Å². The summed E-state index contributed by atoms with van der Waals surface area (Å²) in [6.45, 7) is 9.89. The molecule has 0 amide bonds. The van der Waals surface area contributed by atoms with Crippen LogP contribution in [0, 0.1) is 0 Å². The van der Waals surface area contributed by atoms with E-state index < -0.39 is 5.79 Å². The van der Waals surface area contributed by atoms with Crippen molar-refractivity contribution in [1.29, 1.82) is 0 Å². The third kappa shape index (κ3) is 6.32. The standard InChI is InChI=1S/C6H12O3.C4H10O/c1-6(2)8-4-5(3-7)9-6;1-3-5-4-2/h5,7H,3-4H2,1-2H3;3-4H2,1-2H3. The zero-order valence-corrected chi connectivity index (χ0v) is 9.58. The number of ether oxygens (including phenoxy) is 3. The molecule has 0 aromatic rings. The molecule has 4 nitrogen and oxygen atoms in total. The molecule has 1 heterocycles. The van der Waals surface area contributed by atoms with Gasteiger partial charge >= 0.3 is 0 Å². The Kier molecular flexibility index (Phi) is 7.09. The van der Waals surface area contributed by atoms with Crippen LogP contribution in [0.15, 0.2) is 0 Å². The topological polar surface area (TPSA) is 47.9 Å². The molecule has 1 atom stereocenters. The van der Waals surface area contributed by atoms with Crippen molar-refractivity contribution in [2.75, 3.05) is 26.4 Å². The Labute approximate surface area is 86.2 Å². The first-order valence-electron chi connectivity index (χ1n) is 5.06. The van der Waals surface area contributed by atoms with Gasteiger partial charge in [-0.15, -0.1) is 0 Å². The normalized spacial score (nSPS) is 24.2. The highest BCUT2D eigenvalue weighted by Gasteiger charge is 2.31. The molecule has 86 valence electrons. The van der Waals surface area contributed by atoms with E-state index in [-0.39, 0.29) is 12.7 Å². The molecule has 1 aliphatic heterocycles. The summed E-state index contributed by atoms with van der Waals surface area (Å²) in [6.07, 6.45) is -0.125. The van der Waals surface area contributed by atoms with Crippen LogP contribution in [-0.4, -0.2) is 43.4 Å². The van der Waals surface area contributed by atoms with Crippen LogP contribution in [0.25, 0.3) is 0 Å². The molecule has 0 bridgehead atoms. The monoisotopic (exact) mass is 206 g/mol. The minimum absolute atomic E-state index is 0.0451. The Balaban J connectivity index is 0.000000292. The van der Waals surface area contributed by atoms with Crippen LogP contribution in [0.2, 0.25) is 0 Å². The first-order valence-corrected chi connectivity index (χ1v) is 5.06. The number of aliphatic hydroxyl groups is 1. The zero-order chi connectivity index (χ0) is 11.0. The fourth-order valence-electron chi connectivity index (χ4n) is 1.06. The molecule has 1 aliphatic rings. The highest BCUT2D eigenvalue weighted by Crippen LogP contribution is 2.21. The molecule has 1 unspecified atom stereocenters. The fourth-order valence-corrected chi connectivity index (χ4v) is 1.06. The van der Waals surface area contributed by atoms with Crippen LogP contribution in [0.1, 0.15) is 27.7 Å². The van der Waals surface area contributed by atoms with Gasteiger partial charge in [0.15, 0.2) is 5.79 Å². The van der Waals surface area contributed by atoms with E-state index in [0.717, 1.165) is 13.2 Å². The molecule has 0 radical (unpaired) electrons. The van der Waals surface area contributed by atoms with E-state index in [0.29, 0.717) is 6.61 Å². The minimum atomic E-state index is -0.493. The van der Waals surface area contributed by atoms with Crippen LogP contribution in [0.5, 0.6) is 0 Å². The average molecular weight is 206 g/mol. The van der Waals surface area contributed by atoms with E-state index in [1.807, 2.05) is 27.7 Å². The number of hydrogen-bond acceptors (Lipinski definition) is 4. The number of hydrogen-bond donors (Lipinski definition) is 1. The molecule has 0 aliphatic carbocycles. The number of aliphatic hydroxyl groups excluding tert-OH is 1. The summed E-state index contributed by atoms with van der Waals surface area (Å²) < 4.78 is 15.2. The van der Waals surface area contributed by atoms with Gasteiger partial charge < -0.3 is 19.3 Å². The van der Waals surface area contributed by atoms with Crippen LogP contribution < -0.4 is 0 Å². The fraction of sp³-hybridized carbons (Fsp3) is 1.00. The van der Waals surface area contributed by atoms with Crippen molar-refractivity contribution < 1.29 is 19.3 Å². The smallest absolute Gasteiger partial charge is 0.163 e. The molecule has 0 aromatic heterocycles. The van der Waals surface area contributed by atoms with Gasteiger partial charge in [0.25, 0.3) is 0 Å². The van der Waals surface area contributed by atoms with Crippen molar-refractivity contribution in [3.8, 4) is 0 Å². The Morgan fingerprint density at radius 1 is 1.36 bits per heavy atom. The lowest BCUT2D eigenvalue weighted by Gasteiger charge is -2.15. The van der Waals surface area contributed by atoms with E-state index in [4.69, 9.17) is 19.3 Å². The zero-order valence-electron chi connectivity index (χ0n) is 9.58. The Morgan fingerprint density at radius 3 is 2.07 bits per heavy atom. The van der Waals surface area contributed by atoms with Crippen molar-refractivity contribution >= 4 is 0 Å². The Bertz CT molecular complexity index is 134. The van der Waals surface area contributed by atoms with Crippen molar-refractivity contribution in [1.82, 2.24) is 0 Å². The molecular weight excluding hydrogens is 184 g/mol. The highest BCUT2D eigenvalue weighted by molar-refractivity contribution is 4.69. The maximum Gasteiger partial charge on any atom is 0.163 e. The average Bonchev–Trinajstić information content (AvgIpc) is 2.48. The van der Waals surface area contributed by atoms with Gasteiger partial charge in [0.2, 0.25) is 0 Å². The van der Waals surface area contributed by atoms with Crippen molar-refractivity contribution in [3.63, 3.8) is 0 Å². The van der Waals surface area contributed by atoms with Crippen LogP contribution in [0.4, 0.5) is 0 Å². The molecule has 1 fully saturated rings. The van der Waals surface area contributed by atoms with Crippen LogP contribution in [-0.2, 0) is 14.2 Å².